The number of ether oxygens (including phenoxy) is 1. The lowest BCUT2D eigenvalue weighted by molar-refractivity contribution is 0.0821. The van der Waals surface area contributed by atoms with E-state index in [-0.39, 0.29) is 11.8 Å². The van der Waals surface area contributed by atoms with Crippen molar-refractivity contribution in [3.8, 4) is 0 Å². The molecular formula is C18H23N5O2. The minimum atomic E-state index is -0.0849. The molecule has 0 spiro atoms. The van der Waals surface area contributed by atoms with Crippen molar-refractivity contribution >= 4 is 11.9 Å². The molecule has 1 atom stereocenters. The Morgan fingerprint density at radius 3 is 2.84 bits per heavy atom. The molecule has 2 aromatic heterocycles. The summed E-state index contributed by atoms with van der Waals surface area (Å²) in [6, 6.07) is 7.40. The van der Waals surface area contributed by atoms with Gasteiger partial charge in [-0.25, -0.2) is 15.0 Å². The number of nitrogens with zero attached hydrogens (tertiary/aromatic N) is 5. The van der Waals surface area contributed by atoms with Gasteiger partial charge in [-0.1, -0.05) is 6.07 Å². The molecule has 0 aliphatic carbocycles. The van der Waals surface area contributed by atoms with Gasteiger partial charge < -0.3 is 14.5 Å². The summed E-state index contributed by atoms with van der Waals surface area (Å²) in [4.78, 5) is 29.0. The average Bonchev–Trinajstić information content (AvgIpc) is 2.87. The molecule has 1 aliphatic rings. The van der Waals surface area contributed by atoms with Gasteiger partial charge in [-0.2, -0.15) is 0 Å². The van der Waals surface area contributed by atoms with Gasteiger partial charge in [0, 0.05) is 51.2 Å². The molecule has 7 heteroatoms. The highest BCUT2D eigenvalue weighted by Gasteiger charge is 2.21. The van der Waals surface area contributed by atoms with Crippen LogP contribution in [0.2, 0.25) is 0 Å². The van der Waals surface area contributed by atoms with Gasteiger partial charge in [0.2, 0.25) is 5.95 Å². The second-order valence-electron chi connectivity index (χ2n) is 6.35. The number of rotatable bonds is 4. The zero-order chi connectivity index (χ0) is 17.6. The van der Waals surface area contributed by atoms with E-state index in [1.54, 1.807) is 32.6 Å². The van der Waals surface area contributed by atoms with Crippen molar-refractivity contribution in [1.82, 2.24) is 19.9 Å². The molecule has 1 fully saturated rings. The van der Waals surface area contributed by atoms with Gasteiger partial charge in [0.15, 0.2) is 0 Å². The predicted molar refractivity (Wildman–Crippen MR) is 94.5 cm³/mol. The molecule has 0 aromatic carbocycles. The summed E-state index contributed by atoms with van der Waals surface area (Å²) in [7, 11) is 3.46. The standard InChI is InChI=1S/C18H23N5O2/c1-22(2)17(24)16-6-3-5-15(21-16)11-14-12-23(9-10-25-13-14)18-19-7-4-8-20-18/h3-8,14H,9-13H2,1-2H3. The van der Waals surface area contributed by atoms with E-state index < -0.39 is 0 Å². The number of hydrogen-bond donors (Lipinski definition) is 0. The van der Waals surface area contributed by atoms with Gasteiger partial charge in [-0.15, -0.1) is 0 Å². The third-order valence-corrected chi connectivity index (χ3v) is 4.10. The second-order valence-corrected chi connectivity index (χ2v) is 6.35. The Kier molecular flexibility index (Phi) is 5.55. The van der Waals surface area contributed by atoms with Crippen molar-refractivity contribution in [2.24, 2.45) is 5.92 Å². The van der Waals surface area contributed by atoms with E-state index >= 15 is 0 Å². The van der Waals surface area contributed by atoms with Crippen molar-refractivity contribution in [3.63, 3.8) is 0 Å². The molecule has 1 aliphatic heterocycles. The first-order valence-electron chi connectivity index (χ1n) is 8.41. The fourth-order valence-electron chi connectivity index (χ4n) is 2.88. The minimum absolute atomic E-state index is 0.0849. The number of amides is 1. The Bertz CT molecular complexity index is 708. The molecule has 132 valence electrons. The Balaban J connectivity index is 1.71. The number of carbonyl (C=O) groups excluding carboxylic acids is 1. The number of anilines is 1. The van der Waals surface area contributed by atoms with Crippen LogP contribution in [0.25, 0.3) is 0 Å². The first-order chi connectivity index (χ1) is 12.1. The van der Waals surface area contributed by atoms with Crippen LogP contribution in [0.3, 0.4) is 0 Å². The van der Waals surface area contributed by atoms with Crippen LogP contribution in [-0.4, -0.2) is 66.2 Å². The molecular weight excluding hydrogens is 318 g/mol. The third-order valence-electron chi connectivity index (χ3n) is 4.10. The zero-order valence-electron chi connectivity index (χ0n) is 14.6. The molecule has 0 N–H and O–H groups in total. The van der Waals surface area contributed by atoms with Gasteiger partial charge >= 0.3 is 0 Å². The van der Waals surface area contributed by atoms with Crippen LogP contribution >= 0.6 is 0 Å². The molecule has 0 bridgehead atoms. The molecule has 1 amide bonds. The first-order valence-corrected chi connectivity index (χ1v) is 8.41. The van der Waals surface area contributed by atoms with Crippen LogP contribution in [0.4, 0.5) is 5.95 Å². The van der Waals surface area contributed by atoms with Crippen LogP contribution in [-0.2, 0) is 11.2 Å². The smallest absolute Gasteiger partial charge is 0.271 e. The molecule has 3 heterocycles. The summed E-state index contributed by atoms with van der Waals surface area (Å²) < 4.78 is 5.75. The zero-order valence-corrected chi connectivity index (χ0v) is 14.6. The predicted octanol–water partition coefficient (Wildman–Crippen LogP) is 1.27. The van der Waals surface area contributed by atoms with Crippen LogP contribution in [0.15, 0.2) is 36.7 Å². The largest absolute Gasteiger partial charge is 0.379 e. The quantitative estimate of drug-likeness (QED) is 0.834. The van der Waals surface area contributed by atoms with Gasteiger partial charge in [0.25, 0.3) is 5.91 Å². The summed E-state index contributed by atoms with van der Waals surface area (Å²) in [5, 5.41) is 0. The topological polar surface area (TPSA) is 71.5 Å². The van der Waals surface area contributed by atoms with Crippen LogP contribution in [0, 0.1) is 5.92 Å². The van der Waals surface area contributed by atoms with E-state index in [0.29, 0.717) is 18.9 Å². The molecule has 1 saturated heterocycles. The van der Waals surface area contributed by atoms with E-state index in [1.165, 1.54) is 4.90 Å². The number of carbonyl (C=O) groups is 1. The lowest BCUT2D eigenvalue weighted by Gasteiger charge is -2.23. The third kappa shape index (κ3) is 4.51. The first kappa shape index (κ1) is 17.3. The summed E-state index contributed by atoms with van der Waals surface area (Å²) in [5.74, 6) is 0.907. The average molecular weight is 341 g/mol. The highest BCUT2D eigenvalue weighted by Crippen LogP contribution is 2.16. The van der Waals surface area contributed by atoms with E-state index in [2.05, 4.69) is 19.9 Å². The van der Waals surface area contributed by atoms with Crippen molar-refractivity contribution in [1.29, 1.82) is 0 Å². The lowest BCUT2D eigenvalue weighted by atomic mass is 10.0. The SMILES string of the molecule is CN(C)C(=O)c1cccc(CC2COCCN(c3ncccn3)C2)n1. The molecule has 2 aromatic rings. The van der Waals surface area contributed by atoms with Gasteiger partial charge in [0.05, 0.1) is 13.2 Å². The van der Waals surface area contributed by atoms with Crippen LogP contribution in [0.5, 0.6) is 0 Å². The number of aromatic nitrogens is 3. The monoisotopic (exact) mass is 341 g/mol. The highest BCUT2D eigenvalue weighted by molar-refractivity contribution is 5.91. The van der Waals surface area contributed by atoms with E-state index in [9.17, 15) is 4.79 Å². The molecule has 1 unspecified atom stereocenters. The maximum Gasteiger partial charge on any atom is 0.271 e. The lowest BCUT2D eigenvalue weighted by Crippen LogP contribution is -2.32. The van der Waals surface area contributed by atoms with Crippen molar-refractivity contribution < 1.29 is 9.53 Å². The van der Waals surface area contributed by atoms with Gasteiger partial charge in [0.1, 0.15) is 5.69 Å². The van der Waals surface area contributed by atoms with Crippen molar-refractivity contribution in [3.05, 3.63) is 48.0 Å². The summed E-state index contributed by atoms with van der Waals surface area (Å²) in [6.45, 7) is 2.89. The fourth-order valence-corrected chi connectivity index (χ4v) is 2.88. The minimum Gasteiger partial charge on any atom is -0.379 e. The molecule has 25 heavy (non-hydrogen) atoms. The molecule has 7 nitrogen and oxygen atoms in total. The summed E-state index contributed by atoms with van der Waals surface area (Å²) in [6.07, 6.45) is 4.25. The molecule has 0 radical (unpaired) electrons. The molecule has 0 saturated carbocycles. The summed E-state index contributed by atoms with van der Waals surface area (Å²) >= 11 is 0. The summed E-state index contributed by atoms with van der Waals surface area (Å²) in [5.41, 5.74) is 1.37. The highest BCUT2D eigenvalue weighted by atomic mass is 16.5. The Labute approximate surface area is 147 Å². The van der Waals surface area contributed by atoms with E-state index in [0.717, 1.165) is 31.2 Å². The van der Waals surface area contributed by atoms with E-state index in [4.69, 9.17) is 4.74 Å². The van der Waals surface area contributed by atoms with Gasteiger partial charge in [-0.05, 0) is 24.6 Å². The Hall–Kier alpha value is -2.54. The second kappa shape index (κ2) is 8.02. The van der Waals surface area contributed by atoms with E-state index in [1.807, 2.05) is 18.2 Å². The fraction of sp³-hybridized carbons (Fsp3) is 0.444. The normalized spacial score (nSPS) is 17.8. The van der Waals surface area contributed by atoms with Crippen LogP contribution in [0.1, 0.15) is 16.2 Å². The number of hydrogen-bond acceptors (Lipinski definition) is 6. The Morgan fingerprint density at radius 1 is 1.28 bits per heavy atom. The van der Waals surface area contributed by atoms with Gasteiger partial charge in [-0.3, -0.25) is 4.79 Å². The maximum absolute atomic E-state index is 12.1. The Morgan fingerprint density at radius 2 is 2.08 bits per heavy atom. The van der Waals surface area contributed by atoms with Crippen molar-refractivity contribution in [2.45, 2.75) is 6.42 Å². The number of pyridine rings is 1. The maximum atomic E-state index is 12.1. The van der Waals surface area contributed by atoms with Crippen LogP contribution < -0.4 is 4.90 Å². The molecule has 3 rings (SSSR count). The van der Waals surface area contributed by atoms with Crippen molar-refractivity contribution in [2.75, 3.05) is 45.3 Å².